The number of hydrogen-bond donors (Lipinski definition) is 2. The zero-order valence-electron chi connectivity index (χ0n) is 10.1. The third-order valence-corrected chi connectivity index (χ3v) is 4.45. The van der Waals surface area contributed by atoms with Crippen LogP contribution in [-0.2, 0) is 0 Å². The van der Waals surface area contributed by atoms with Gasteiger partial charge in [0, 0.05) is 0 Å². The van der Waals surface area contributed by atoms with Crippen molar-refractivity contribution in [1.82, 2.24) is 10.6 Å². The van der Waals surface area contributed by atoms with E-state index in [4.69, 9.17) is 0 Å². The number of rotatable bonds is 3. The molecule has 0 aliphatic carbocycles. The van der Waals surface area contributed by atoms with Crippen LogP contribution in [0.5, 0.6) is 0 Å². The number of nitrogens with one attached hydrogen (secondary N) is 2. The minimum Gasteiger partial charge on any atom is -0.317 e. The van der Waals surface area contributed by atoms with Crippen LogP contribution in [0, 0.1) is 17.8 Å². The van der Waals surface area contributed by atoms with Crippen molar-refractivity contribution < 1.29 is 0 Å². The van der Waals surface area contributed by atoms with E-state index in [0.717, 1.165) is 17.8 Å². The topological polar surface area (TPSA) is 24.1 Å². The second kappa shape index (κ2) is 5.86. The van der Waals surface area contributed by atoms with Gasteiger partial charge in [-0.2, -0.15) is 0 Å². The van der Waals surface area contributed by atoms with Crippen LogP contribution >= 0.6 is 0 Å². The van der Waals surface area contributed by atoms with E-state index in [1.807, 2.05) is 0 Å². The van der Waals surface area contributed by atoms with Crippen molar-refractivity contribution in [2.24, 2.45) is 17.8 Å². The Morgan fingerprint density at radius 3 is 1.60 bits per heavy atom. The molecule has 0 saturated carbocycles. The second-order valence-corrected chi connectivity index (χ2v) is 5.25. The van der Waals surface area contributed by atoms with Crippen molar-refractivity contribution in [3.8, 4) is 0 Å². The van der Waals surface area contributed by atoms with E-state index < -0.39 is 0 Å². The summed E-state index contributed by atoms with van der Waals surface area (Å²) in [7, 11) is 0. The Morgan fingerprint density at radius 1 is 0.867 bits per heavy atom. The van der Waals surface area contributed by atoms with Crippen LogP contribution in [0.4, 0.5) is 0 Å². The van der Waals surface area contributed by atoms with Crippen LogP contribution in [-0.4, -0.2) is 26.2 Å². The summed E-state index contributed by atoms with van der Waals surface area (Å²) in [5.41, 5.74) is 0. The molecule has 2 aliphatic heterocycles. The van der Waals surface area contributed by atoms with Gasteiger partial charge in [0.25, 0.3) is 0 Å². The third-order valence-electron chi connectivity index (χ3n) is 4.45. The van der Waals surface area contributed by atoms with Crippen molar-refractivity contribution in [3.05, 3.63) is 0 Å². The number of hydrogen-bond acceptors (Lipinski definition) is 2. The van der Waals surface area contributed by atoms with Crippen molar-refractivity contribution >= 4 is 0 Å². The molecule has 0 atom stereocenters. The lowest BCUT2D eigenvalue weighted by atomic mass is 9.72. The fraction of sp³-hybridized carbons (Fsp3) is 1.00. The van der Waals surface area contributed by atoms with Gasteiger partial charge in [-0.15, -0.1) is 0 Å². The molecule has 0 amide bonds. The molecular weight excluding hydrogens is 184 g/mol. The van der Waals surface area contributed by atoms with Gasteiger partial charge in [0.2, 0.25) is 0 Å². The molecule has 0 bridgehead atoms. The van der Waals surface area contributed by atoms with Gasteiger partial charge >= 0.3 is 0 Å². The van der Waals surface area contributed by atoms with Gasteiger partial charge in [-0.05, 0) is 69.6 Å². The van der Waals surface area contributed by atoms with E-state index in [0.29, 0.717) is 0 Å². The Bertz CT molecular complexity index is 151. The highest BCUT2D eigenvalue weighted by Gasteiger charge is 2.29. The Labute approximate surface area is 94.2 Å². The molecule has 2 heteroatoms. The van der Waals surface area contributed by atoms with Crippen molar-refractivity contribution in [1.29, 1.82) is 0 Å². The first-order valence-corrected chi connectivity index (χ1v) is 6.83. The summed E-state index contributed by atoms with van der Waals surface area (Å²) in [5, 5.41) is 6.97. The molecule has 2 saturated heterocycles. The predicted molar refractivity (Wildman–Crippen MR) is 65.0 cm³/mol. The molecule has 88 valence electrons. The molecule has 0 aromatic rings. The van der Waals surface area contributed by atoms with E-state index in [-0.39, 0.29) is 0 Å². The SMILES string of the molecule is CCC(C1CCNCC1)C1CCNCC1. The molecular formula is C13H26N2. The maximum atomic E-state index is 3.48. The molecule has 2 heterocycles. The van der Waals surface area contributed by atoms with E-state index >= 15 is 0 Å². The molecule has 2 fully saturated rings. The maximum Gasteiger partial charge on any atom is -0.00462 e. The zero-order valence-corrected chi connectivity index (χ0v) is 10.1. The summed E-state index contributed by atoms with van der Waals surface area (Å²) >= 11 is 0. The van der Waals surface area contributed by atoms with Crippen LogP contribution in [0.3, 0.4) is 0 Å². The Kier molecular flexibility index (Phi) is 4.45. The summed E-state index contributed by atoms with van der Waals surface area (Å²) in [5.74, 6) is 3.04. The molecule has 0 radical (unpaired) electrons. The van der Waals surface area contributed by atoms with Crippen molar-refractivity contribution in [2.45, 2.75) is 39.0 Å². The van der Waals surface area contributed by atoms with Crippen molar-refractivity contribution in [3.63, 3.8) is 0 Å². The summed E-state index contributed by atoms with van der Waals surface area (Å²) in [6, 6.07) is 0. The van der Waals surface area contributed by atoms with Gasteiger partial charge in [-0.1, -0.05) is 13.3 Å². The normalized spacial score (nSPS) is 26.0. The third kappa shape index (κ3) is 2.94. The molecule has 0 spiro atoms. The van der Waals surface area contributed by atoms with Crippen LogP contribution in [0.2, 0.25) is 0 Å². The first-order valence-electron chi connectivity index (χ1n) is 6.83. The lowest BCUT2D eigenvalue weighted by Gasteiger charge is -2.37. The Hall–Kier alpha value is -0.0800. The molecule has 2 rings (SSSR count). The number of piperidine rings is 2. The van der Waals surface area contributed by atoms with Crippen LogP contribution in [0.15, 0.2) is 0 Å². The predicted octanol–water partition coefficient (Wildman–Crippen LogP) is 2.01. The standard InChI is InChI=1S/C13H26N2/c1-2-13(11-3-7-14-8-4-11)12-5-9-15-10-6-12/h11-15H,2-10H2,1H3. The molecule has 2 N–H and O–H groups in total. The highest BCUT2D eigenvalue weighted by atomic mass is 14.9. The molecule has 2 aliphatic rings. The zero-order chi connectivity index (χ0) is 10.5. The van der Waals surface area contributed by atoms with Gasteiger partial charge in [-0.3, -0.25) is 0 Å². The summed E-state index contributed by atoms with van der Waals surface area (Å²) in [6.07, 6.45) is 7.07. The molecule has 0 aromatic carbocycles. The minimum absolute atomic E-state index is 1.01. The van der Waals surface area contributed by atoms with Gasteiger partial charge in [-0.25, -0.2) is 0 Å². The molecule has 15 heavy (non-hydrogen) atoms. The smallest absolute Gasteiger partial charge is 0.00462 e. The first kappa shape index (κ1) is 11.4. The minimum atomic E-state index is 1.01. The largest absolute Gasteiger partial charge is 0.317 e. The van der Waals surface area contributed by atoms with E-state index in [1.54, 1.807) is 0 Å². The van der Waals surface area contributed by atoms with Gasteiger partial charge in [0.15, 0.2) is 0 Å². The van der Waals surface area contributed by atoms with E-state index in [9.17, 15) is 0 Å². The van der Waals surface area contributed by atoms with E-state index in [2.05, 4.69) is 17.6 Å². The highest BCUT2D eigenvalue weighted by Crippen LogP contribution is 2.35. The Morgan fingerprint density at radius 2 is 1.27 bits per heavy atom. The van der Waals surface area contributed by atoms with Gasteiger partial charge in [0.05, 0.1) is 0 Å². The molecule has 0 unspecified atom stereocenters. The Balaban J connectivity index is 1.88. The monoisotopic (exact) mass is 210 g/mol. The highest BCUT2D eigenvalue weighted by molar-refractivity contribution is 4.82. The maximum absolute atomic E-state index is 3.48. The first-order chi connectivity index (χ1) is 7.42. The summed E-state index contributed by atoms with van der Waals surface area (Å²) in [4.78, 5) is 0. The molecule has 2 nitrogen and oxygen atoms in total. The molecule has 0 aromatic heterocycles. The van der Waals surface area contributed by atoms with Crippen LogP contribution in [0.1, 0.15) is 39.0 Å². The fourth-order valence-corrected chi connectivity index (χ4v) is 3.60. The van der Waals surface area contributed by atoms with Crippen LogP contribution in [0.25, 0.3) is 0 Å². The average Bonchev–Trinajstić information content (AvgIpc) is 2.33. The van der Waals surface area contributed by atoms with Crippen molar-refractivity contribution in [2.75, 3.05) is 26.2 Å². The second-order valence-electron chi connectivity index (χ2n) is 5.25. The average molecular weight is 210 g/mol. The van der Waals surface area contributed by atoms with Gasteiger partial charge < -0.3 is 10.6 Å². The van der Waals surface area contributed by atoms with Crippen LogP contribution < -0.4 is 10.6 Å². The van der Waals surface area contributed by atoms with Gasteiger partial charge in [0.1, 0.15) is 0 Å². The quantitative estimate of drug-likeness (QED) is 0.744. The lowest BCUT2D eigenvalue weighted by molar-refractivity contribution is 0.150. The fourth-order valence-electron chi connectivity index (χ4n) is 3.60. The lowest BCUT2D eigenvalue weighted by Crippen LogP contribution is -2.38. The van der Waals surface area contributed by atoms with E-state index in [1.165, 1.54) is 58.3 Å². The summed E-state index contributed by atoms with van der Waals surface area (Å²) < 4.78 is 0. The summed E-state index contributed by atoms with van der Waals surface area (Å²) in [6.45, 7) is 7.42.